The van der Waals surface area contributed by atoms with Crippen LogP contribution in [0.4, 0.5) is 5.69 Å². The van der Waals surface area contributed by atoms with Crippen molar-refractivity contribution in [3.8, 4) is 0 Å². The molecule has 1 aromatic rings. The second-order valence-electron chi connectivity index (χ2n) is 4.43. The summed E-state index contributed by atoms with van der Waals surface area (Å²) in [4.78, 5) is 14.0. The second-order valence-corrected chi connectivity index (χ2v) is 4.43. The van der Waals surface area contributed by atoms with Gasteiger partial charge in [0.15, 0.2) is 0 Å². The molecule has 19 heavy (non-hydrogen) atoms. The molecule has 0 spiro atoms. The summed E-state index contributed by atoms with van der Waals surface area (Å²) >= 11 is 0. The Morgan fingerprint density at radius 3 is 2.32 bits per heavy atom. The molecule has 1 rings (SSSR count). The van der Waals surface area contributed by atoms with E-state index in [1.54, 1.807) is 0 Å². The normalized spacial score (nSPS) is 9.79. The molecule has 4 heteroatoms. The van der Waals surface area contributed by atoms with E-state index in [0.29, 0.717) is 6.42 Å². The number of hydrogen-bond acceptors (Lipinski definition) is 2. The lowest BCUT2D eigenvalue weighted by Gasteiger charge is -2.21. The van der Waals surface area contributed by atoms with Crippen molar-refractivity contribution in [2.75, 3.05) is 18.0 Å². The number of carbonyl (C=O) groups is 1. The van der Waals surface area contributed by atoms with Crippen molar-refractivity contribution in [3.63, 3.8) is 0 Å². The van der Waals surface area contributed by atoms with E-state index in [4.69, 9.17) is 5.73 Å². The number of rotatable bonds is 8. The van der Waals surface area contributed by atoms with E-state index in [1.165, 1.54) is 0 Å². The van der Waals surface area contributed by atoms with Crippen LogP contribution in [0.2, 0.25) is 0 Å². The van der Waals surface area contributed by atoms with E-state index in [9.17, 15) is 4.79 Å². The van der Waals surface area contributed by atoms with E-state index in [-0.39, 0.29) is 18.3 Å². The van der Waals surface area contributed by atoms with Crippen molar-refractivity contribution >= 4 is 24.0 Å². The predicted molar refractivity (Wildman–Crippen MR) is 83.9 cm³/mol. The molecule has 0 saturated heterocycles. The molecule has 3 nitrogen and oxygen atoms in total. The fourth-order valence-corrected chi connectivity index (χ4v) is 2.02. The zero-order chi connectivity index (χ0) is 13.2. The minimum absolute atomic E-state index is 0. The Morgan fingerprint density at radius 2 is 1.74 bits per heavy atom. The third-order valence-corrected chi connectivity index (χ3v) is 3.03. The fraction of sp³-hybridized carbons (Fsp3) is 0.533. The lowest BCUT2D eigenvalue weighted by atomic mass is 10.1. The van der Waals surface area contributed by atoms with Gasteiger partial charge in [-0.15, -0.1) is 12.4 Å². The summed E-state index contributed by atoms with van der Waals surface area (Å²) in [5.41, 5.74) is 6.43. The second kappa shape index (κ2) is 10.8. The Bertz CT molecular complexity index is 343. The molecule has 0 radical (unpaired) electrons. The molecule has 0 saturated carbocycles. The number of nitrogens with two attached hydrogens (primary N) is 1. The van der Waals surface area contributed by atoms with Crippen molar-refractivity contribution < 1.29 is 4.79 Å². The van der Waals surface area contributed by atoms with Gasteiger partial charge in [-0.1, -0.05) is 31.0 Å². The van der Waals surface area contributed by atoms with Crippen molar-refractivity contribution in [2.24, 2.45) is 5.73 Å². The number of nitrogens with zero attached hydrogens (tertiary/aromatic N) is 1. The van der Waals surface area contributed by atoms with E-state index >= 15 is 0 Å². The van der Waals surface area contributed by atoms with E-state index < -0.39 is 0 Å². The van der Waals surface area contributed by atoms with Gasteiger partial charge >= 0.3 is 0 Å². The Balaban J connectivity index is 0.00000324. The van der Waals surface area contributed by atoms with Crippen molar-refractivity contribution in [3.05, 3.63) is 30.3 Å². The smallest absolute Gasteiger partial charge is 0.226 e. The molecule has 0 bridgehead atoms. The molecule has 108 valence electrons. The first kappa shape index (κ1) is 17.9. The highest BCUT2D eigenvalue weighted by Gasteiger charge is 2.12. The number of anilines is 1. The Kier molecular flexibility index (Phi) is 10.2. The Morgan fingerprint density at radius 1 is 1.11 bits per heavy atom. The average molecular weight is 285 g/mol. The molecule has 1 amide bonds. The predicted octanol–water partition coefficient (Wildman–Crippen LogP) is 3.37. The van der Waals surface area contributed by atoms with Gasteiger partial charge in [-0.3, -0.25) is 4.79 Å². The molecule has 0 atom stereocenters. The maximum atomic E-state index is 12.1. The third-order valence-electron chi connectivity index (χ3n) is 3.03. The van der Waals surface area contributed by atoms with Crippen LogP contribution in [-0.2, 0) is 4.79 Å². The van der Waals surface area contributed by atoms with Crippen LogP contribution in [0, 0.1) is 0 Å². The SMILES string of the molecule is CCN(C(=O)CCCCCCN)c1ccccc1.Cl. The molecule has 0 aliphatic heterocycles. The molecule has 0 aliphatic rings. The maximum Gasteiger partial charge on any atom is 0.226 e. The third kappa shape index (κ3) is 6.60. The Hall–Kier alpha value is -1.06. The number of halogens is 1. The molecule has 0 fully saturated rings. The van der Waals surface area contributed by atoms with Crippen LogP contribution in [0.15, 0.2) is 30.3 Å². The summed E-state index contributed by atoms with van der Waals surface area (Å²) in [5, 5.41) is 0. The van der Waals surface area contributed by atoms with Crippen LogP contribution in [0.3, 0.4) is 0 Å². The number of amides is 1. The topological polar surface area (TPSA) is 46.3 Å². The molecule has 1 aromatic carbocycles. The average Bonchev–Trinajstić information content (AvgIpc) is 2.40. The molecule has 0 aliphatic carbocycles. The van der Waals surface area contributed by atoms with Gasteiger partial charge in [0.2, 0.25) is 5.91 Å². The zero-order valence-electron chi connectivity index (χ0n) is 11.7. The van der Waals surface area contributed by atoms with E-state index in [0.717, 1.165) is 44.5 Å². The highest BCUT2D eigenvalue weighted by atomic mass is 35.5. The van der Waals surface area contributed by atoms with Gasteiger partial charge in [0, 0.05) is 18.7 Å². The summed E-state index contributed by atoms with van der Waals surface area (Å²) in [6.07, 6.45) is 4.87. The first-order valence-corrected chi connectivity index (χ1v) is 6.85. The highest BCUT2D eigenvalue weighted by Crippen LogP contribution is 2.15. The minimum Gasteiger partial charge on any atom is -0.330 e. The monoisotopic (exact) mass is 284 g/mol. The van der Waals surface area contributed by atoms with Gasteiger partial charge < -0.3 is 10.6 Å². The standard InChI is InChI=1S/C15H24N2O.ClH/c1-2-17(14-10-6-5-7-11-14)15(18)12-8-3-4-9-13-16;/h5-7,10-11H,2-4,8-9,12-13,16H2,1H3;1H. The summed E-state index contributed by atoms with van der Waals surface area (Å²) < 4.78 is 0. The Labute approximate surface area is 122 Å². The van der Waals surface area contributed by atoms with Crippen LogP contribution in [0.1, 0.15) is 39.0 Å². The summed E-state index contributed by atoms with van der Waals surface area (Å²) in [6.45, 7) is 3.49. The van der Waals surface area contributed by atoms with Gasteiger partial charge in [-0.05, 0) is 38.4 Å². The lowest BCUT2D eigenvalue weighted by Crippen LogP contribution is -2.30. The van der Waals surface area contributed by atoms with Gasteiger partial charge in [-0.25, -0.2) is 0 Å². The highest BCUT2D eigenvalue weighted by molar-refractivity contribution is 5.93. The summed E-state index contributed by atoms with van der Waals surface area (Å²) in [6, 6.07) is 9.86. The van der Waals surface area contributed by atoms with E-state index in [2.05, 4.69) is 0 Å². The number of para-hydroxylation sites is 1. The molecular formula is C15H25ClN2O. The minimum atomic E-state index is 0. The number of benzene rings is 1. The van der Waals surface area contributed by atoms with Crippen LogP contribution in [0.5, 0.6) is 0 Å². The van der Waals surface area contributed by atoms with Crippen molar-refractivity contribution in [1.29, 1.82) is 0 Å². The number of unbranched alkanes of at least 4 members (excludes halogenated alkanes) is 3. The largest absolute Gasteiger partial charge is 0.330 e. The quantitative estimate of drug-likeness (QED) is 0.744. The van der Waals surface area contributed by atoms with Crippen LogP contribution in [-0.4, -0.2) is 19.0 Å². The first-order valence-electron chi connectivity index (χ1n) is 6.85. The van der Waals surface area contributed by atoms with Crippen molar-refractivity contribution in [2.45, 2.75) is 39.0 Å². The van der Waals surface area contributed by atoms with E-state index in [1.807, 2.05) is 42.2 Å². The molecule has 0 aromatic heterocycles. The summed E-state index contributed by atoms with van der Waals surface area (Å²) in [5.74, 6) is 0.219. The van der Waals surface area contributed by atoms with Crippen LogP contribution >= 0.6 is 12.4 Å². The molecule has 0 heterocycles. The first-order chi connectivity index (χ1) is 8.79. The van der Waals surface area contributed by atoms with Gasteiger partial charge in [0.1, 0.15) is 0 Å². The molecule has 2 N–H and O–H groups in total. The number of carbonyl (C=O) groups excluding carboxylic acids is 1. The zero-order valence-corrected chi connectivity index (χ0v) is 12.5. The fourth-order valence-electron chi connectivity index (χ4n) is 2.02. The summed E-state index contributed by atoms with van der Waals surface area (Å²) in [7, 11) is 0. The van der Waals surface area contributed by atoms with Gasteiger partial charge in [0.25, 0.3) is 0 Å². The molecular weight excluding hydrogens is 260 g/mol. The molecule has 0 unspecified atom stereocenters. The van der Waals surface area contributed by atoms with Crippen LogP contribution < -0.4 is 10.6 Å². The van der Waals surface area contributed by atoms with Gasteiger partial charge in [-0.2, -0.15) is 0 Å². The van der Waals surface area contributed by atoms with Crippen molar-refractivity contribution in [1.82, 2.24) is 0 Å². The maximum absolute atomic E-state index is 12.1. The van der Waals surface area contributed by atoms with Crippen LogP contribution in [0.25, 0.3) is 0 Å². The lowest BCUT2D eigenvalue weighted by molar-refractivity contribution is -0.118. The number of hydrogen-bond donors (Lipinski definition) is 1. The van der Waals surface area contributed by atoms with Gasteiger partial charge in [0.05, 0.1) is 0 Å².